The van der Waals surface area contributed by atoms with E-state index in [1.807, 2.05) is 43.3 Å². The van der Waals surface area contributed by atoms with E-state index in [1.165, 1.54) is 6.08 Å². The van der Waals surface area contributed by atoms with E-state index in [0.717, 1.165) is 12.1 Å². The molecule has 0 bridgehead atoms. The van der Waals surface area contributed by atoms with Crippen molar-refractivity contribution in [3.05, 3.63) is 65.4 Å². The van der Waals surface area contributed by atoms with Crippen LogP contribution in [-0.2, 0) is 9.59 Å². The molecule has 0 unspecified atom stereocenters. The van der Waals surface area contributed by atoms with Crippen LogP contribution in [0.3, 0.4) is 0 Å². The molecule has 0 fully saturated rings. The molecule has 2 N–H and O–H groups in total. The molecule has 0 saturated heterocycles. The van der Waals surface area contributed by atoms with Crippen molar-refractivity contribution < 1.29 is 19.1 Å². The smallest absolute Gasteiger partial charge is 0.291 e. The summed E-state index contributed by atoms with van der Waals surface area (Å²) in [6.07, 6.45) is 4.82. The number of nitrogens with zero attached hydrogens (tertiary/aromatic N) is 1. The quantitative estimate of drug-likeness (QED) is 0.690. The van der Waals surface area contributed by atoms with E-state index in [0.29, 0.717) is 29.3 Å². The second-order valence-corrected chi connectivity index (χ2v) is 6.99. The number of rotatable bonds is 7. The average Bonchev–Trinajstić information content (AvgIpc) is 2.72. The molecule has 156 valence electrons. The van der Waals surface area contributed by atoms with Gasteiger partial charge in [-0.15, -0.1) is 0 Å². The number of carbonyl (C=O) groups excluding carboxylic acids is 2. The fraction of sp³-hybridized carbons (Fsp3) is 0.217. The summed E-state index contributed by atoms with van der Waals surface area (Å²) >= 11 is 0. The number of fused-ring (bicyclic) bond motifs is 1. The van der Waals surface area contributed by atoms with Crippen molar-refractivity contribution in [2.45, 2.75) is 0 Å². The maximum Gasteiger partial charge on any atom is 0.291 e. The highest BCUT2D eigenvalue weighted by atomic mass is 16.5. The first-order chi connectivity index (χ1) is 14.5. The fourth-order valence-electron chi connectivity index (χ4n) is 2.85. The lowest BCUT2D eigenvalue weighted by molar-refractivity contribution is -0.116. The SMILES string of the molecule is COc1ccc(/C=C/C(=O)NCCN(C)C)cc1/C=C1\Oc2ccccc2NC1=O. The van der Waals surface area contributed by atoms with Crippen LogP contribution in [-0.4, -0.2) is 51.0 Å². The van der Waals surface area contributed by atoms with E-state index in [2.05, 4.69) is 10.6 Å². The molecule has 0 atom stereocenters. The van der Waals surface area contributed by atoms with Crippen LogP contribution >= 0.6 is 0 Å². The highest BCUT2D eigenvalue weighted by Gasteiger charge is 2.22. The summed E-state index contributed by atoms with van der Waals surface area (Å²) in [6, 6.07) is 12.7. The lowest BCUT2D eigenvalue weighted by atomic mass is 10.1. The van der Waals surface area contributed by atoms with Gasteiger partial charge in [-0.3, -0.25) is 9.59 Å². The molecule has 2 aromatic rings. The Kier molecular flexibility index (Phi) is 6.87. The summed E-state index contributed by atoms with van der Waals surface area (Å²) in [5, 5.41) is 5.63. The Balaban J connectivity index is 1.78. The normalized spacial score (nSPS) is 14.4. The first-order valence-electron chi connectivity index (χ1n) is 9.55. The van der Waals surface area contributed by atoms with E-state index in [9.17, 15) is 9.59 Å². The minimum Gasteiger partial charge on any atom is -0.496 e. The minimum absolute atomic E-state index is 0.162. The molecular formula is C23H25N3O4. The van der Waals surface area contributed by atoms with Crippen molar-refractivity contribution in [3.8, 4) is 11.5 Å². The van der Waals surface area contributed by atoms with Crippen molar-refractivity contribution >= 4 is 29.7 Å². The van der Waals surface area contributed by atoms with E-state index in [1.54, 1.807) is 37.5 Å². The molecule has 7 heteroatoms. The first kappa shape index (κ1) is 21.1. The van der Waals surface area contributed by atoms with Crippen molar-refractivity contribution in [1.29, 1.82) is 0 Å². The molecule has 2 aromatic carbocycles. The molecule has 2 amide bonds. The van der Waals surface area contributed by atoms with Gasteiger partial charge in [-0.2, -0.15) is 0 Å². The lowest BCUT2D eigenvalue weighted by Gasteiger charge is -2.19. The zero-order valence-electron chi connectivity index (χ0n) is 17.3. The van der Waals surface area contributed by atoms with Gasteiger partial charge in [0.25, 0.3) is 5.91 Å². The number of nitrogens with one attached hydrogen (secondary N) is 2. The van der Waals surface area contributed by atoms with Crippen LogP contribution in [0, 0.1) is 0 Å². The molecule has 3 rings (SSSR count). The molecule has 7 nitrogen and oxygen atoms in total. The lowest BCUT2D eigenvalue weighted by Crippen LogP contribution is -2.30. The number of hydrogen-bond acceptors (Lipinski definition) is 5. The Labute approximate surface area is 176 Å². The molecule has 1 heterocycles. The maximum absolute atomic E-state index is 12.4. The summed E-state index contributed by atoms with van der Waals surface area (Å²) in [6.45, 7) is 1.34. The summed E-state index contributed by atoms with van der Waals surface area (Å²) in [5.74, 6) is 0.823. The van der Waals surface area contributed by atoms with Crippen molar-refractivity contribution in [1.82, 2.24) is 10.2 Å². The minimum atomic E-state index is -0.336. The molecule has 30 heavy (non-hydrogen) atoms. The largest absolute Gasteiger partial charge is 0.496 e. The van der Waals surface area contributed by atoms with Gasteiger partial charge >= 0.3 is 0 Å². The highest BCUT2D eigenvalue weighted by molar-refractivity contribution is 6.08. The zero-order chi connectivity index (χ0) is 21.5. The second kappa shape index (κ2) is 9.76. The Morgan fingerprint density at radius 3 is 2.80 bits per heavy atom. The second-order valence-electron chi connectivity index (χ2n) is 6.99. The van der Waals surface area contributed by atoms with Crippen LogP contribution in [0.2, 0.25) is 0 Å². The average molecular weight is 407 g/mol. The number of likely N-dealkylation sites (N-methyl/N-ethyl adjacent to an activating group) is 1. The maximum atomic E-state index is 12.4. The van der Waals surface area contributed by atoms with Crippen molar-refractivity contribution in [2.24, 2.45) is 0 Å². The third kappa shape index (κ3) is 5.48. The number of para-hydroxylation sites is 2. The van der Waals surface area contributed by atoms with E-state index < -0.39 is 0 Å². The molecule has 0 saturated carbocycles. The topological polar surface area (TPSA) is 79.9 Å². The van der Waals surface area contributed by atoms with Gasteiger partial charge in [0, 0.05) is 24.7 Å². The van der Waals surface area contributed by atoms with Gasteiger partial charge in [0.15, 0.2) is 11.5 Å². The number of anilines is 1. The van der Waals surface area contributed by atoms with Crippen LogP contribution < -0.4 is 20.1 Å². The molecule has 1 aliphatic heterocycles. The van der Waals surface area contributed by atoms with Crippen LogP contribution in [0.1, 0.15) is 11.1 Å². The predicted molar refractivity (Wildman–Crippen MR) is 117 cm³/mol. The van der Waals surface area contributed by atoms with Gasteiger partial charge in [0.05, 0.1) is 12.8 Å². The summed E-state index contributed by atoms with van der Waals surface area (Å²) in [7, 11) is 5.46. The molecule has 0 spiro atoms. The number of hydrogen-bond donors (Lipinski definition) is 2. The highest BCUT2D eigenvalue weighted by Crippen LogP contribution is 2.32. The standard InChI is InChI=1S/C23H25N3O4/c1-26(2)13-12-24-22(27)11-9-16-8-10-19(29-3)17(14-16)15-21-23(28)25-18-6-4-5-7-20(18)30-21/h4-11,14-15H,12-13H2,1-3H3,(H,24,27)(H,25,28)/b11-9+,21-15-. The van der Waals surface area contributed by atoms with Crippen LogP contribution in [0.25, 0.3) is 12.2 Å². The number of ether oxygens (including phenoxy) is 2. The fourth-order valence-corrected chi connectivity index (χ4v) is 2.85. The Morgan fingerprint density at radius 1 is 1.23 bits per heavy atom. The Hall–Kier alpha value is -3.58. The summed E-state index contributed by atoms with van der Waals surface area (Å²) in [5.41, 5.74) is 2.09. The zero-order valence-corrected chi connectivity index (χ0v) is 17.3. The first-order valence-corrected chi connectivity index (χ1v) is 9.55. The van der Waals surface area contributed by atoms with E-state index in [4.69, 9.17) is 9.47 Å². The van der Waals surface area contributed by atoms with E-state index in [-0.39, 0.29) is 17.6 Å². The van der Waals surface area contributed by atoms with Crippen LogP contribution in [0.4, 0.5) is 5.69 Å². The molecule has 1 aliphatic rings. The Morgan fingerprint density at radius 2 is 2.03 bits per heavy atom. The van der Waals surface area contributed by atoms with E-state index >= 15 is 0 Å². The predicted octanol–water partition coefficient (Wildman–Crippen LogP) is 2.76. The van der Waals surface area contributed by atoms with Gasteiger partial charge in [0.2, 0.25) is 5.91 Å². The number of carbonyl (C=O) groups is 2. The summed E-state index contributed by atoms with van der Waals surface area (Å²) < 4.78 is 11.2. The molecule has 0 aromatic heterocycles. The summed E-state index contributed by atoms with van der Waals surface area (Å²) in [4.78, 5) is 26.3. The number of amides is 2. The van der Waals surface area contributed by atoms with Gasteiger partial charge < -0.3 is 25.0 Å². The monoisotopic (exact) mass is 407 g/mol. The molecular weight excluding hydrogens is 382 g/mol. The van der Waals surface area contributed by atoms with Gasteiger partial charge in [-0.25, -0.2) is 0 Å². The third-order valence-corrected chi connectivity index (χ3v) is 4.40. The molecule has 0 radical (unpaired) electrons. The Bertz CT molecular complexity index is 996. The number of methoxy groups -OCH3 is 1. The number of benzene rings is 2. The van der Waals surface area contributed by atoms with Crippen LogP contribution in [0.5, 0.6) is 11.5 Å². The van der Waals surface area contributed by atoms with Crippen LogP contribution in [0.15, 0.2) is 54.3 Å². The third-order valence-electron chi connectivity index (χ3n) is 4.40. The molecule has 0 aliphatic carbocycles. The van der Waals surface area contributed by atoms with Crippen molar-refractivity contribution in [2.75, 3.05) is 39.6 Å². The van der Waals surface area contributed by atoms with Gasteiger partial charge in [-0.05, 0) is 56.1 Å². The van der Waals surface area contributed by atoms with Crippen molar-refractivity contribution in [3.63, 3.8) is 0 Å². The van der Waals surface area contributed by atoms with Gasteiger partial charge in [0.1, 0.15) is 5.75 Å². The van der Waals surface area contributed by atoms with Gasteiger partial charge in [-0.1, -0.05) is 18.2 Å².